The highest BCUT2D eigenvalue weighted by Gasteiger charge is 2.62. The van der Waals surface area contributed by atoms with E-state index in [9.17, 15) is 0 Å². The van der Waals surface area contributed by atoms with Crippen molar-refractivity contribution in [3.8, 4) is 5.75 Å². The van der Waals surface area contributed by atoms with Gasteiger partial charge in [-0.05, 0) is 36.1 Å². The summed E-state index contributed by atoms with van der Waals surface area (Å²) in [5, 5.41) is 0. The van der Waals surface area contributed by atoms with Crippen molar-refractivity contribution >= 4 is 0 Å². The molecule has 40 heavy (non-hydrogen) atoms. The predicted octanol–water partition coefficient (Wildman–Crippen LogP) is 5.77. The van der Waals surface area contributed by atoms with Crippen LogP contribution in [0.2, 0.25) is 0 Å². The zero-order valence-electron chi connectivity index (χ0n) is 23.5. The van der Waals surface area contributed by atoms with Crippen molar-refractivity contribution in [2.24, 2.45) is 0 Å². The highest BCUT2D eigenvalue weighted by Crippen LogP contribution is 2.47. The Morgan fingerprint density at radius 1 is 0.700 bits per heavy atom. The molecule has 0 bridgehead atoms. The van der Waals surface area contributed by atoms with Crippen LogP contribution in [0.3, 0.4) is 0 Å². The highest BCUT2D eigenvalue weighted by molar-refractivity contribution is 5.26. The van der Waals surface area contributed by atoms with Gasteiger partial charge in [-0.25, -0.2) is 0 Å². The molecule has 0 aromatic heterocycles. The molecule has 0 unspecified atom stereocenters. The molecule has 1 spiro atoms. The zero-order valence-corrected chi connectivity index (χ0v) is 23.5. The van der Waals surface area contributed by atoms with Gasteiger partial charge in [0.2, 0.25) is 0 Å². The van der Waals surface area contributed by atoms with Crippen molar-refractivity contribution in [1.29, 1.82) is 0 Å². The molecule has 3 fully saturated rings. The van der Waals surface area contributed by atoms with Gasteiger partial charge in [0.15, 0.2) is 5.79 Å². The first-order chi connectivity index (χ1) is 19.7. The zero-order chi connectivity index (χ0) is 27.8. The van der Waals surface area contributed by atoms with Crippen molar-refractivity contribution in [3.05, 3.63) is 91.0 Å². The van der Waals surface area contributed by atoms with Crippen LogP contribution in [0.25, 0.3) is 0 Å². The van der Waals surface area contributed by atoms with E-state index >= 15 is 0 Å². The molecule has 216 valence electrons. The third-order valence-electron chi connectivity index (χ3n) is 7.96. The lowest BCUT2D eigenvalue weighted by Gasteiger charge is -2.46. The van der Waals surface area contributed by atoms with Crippen LogP contribution in [0.1, 0.15) is 43.2 Å². The normalized spacial score (nSPS) is 29.1. The Morgan fingerprint density at radius 3 is 1.82 bits per heavy atom. The lowest BCUT2D eigenvalue weighted by Crippen LogP contribution is -2.65. The van der Waals surface area contributed by atoms with E-state index in [1.807, 2.05) is 42.5 Å². The smallest absolute Gasteiger partial charge is 0.169 e. The number of benzene rings is 2. The fraction of sp³-hybridized carbons (Fsp3) is 0.515. The summed E-state index contributed by atoms with van der Waals surface area (Å²) in [4.78, 5) is 0. The Balaban J connectivity index is 1.47. The van der Waals surface area contributed by atoms with Gasteiger partial charge in [0.1, 0.15) is 42.4 Å². The first-order valence-electron chi connectivity index (χ1n) is 14.4. The van der Waals surface area contributed by atoms with Gasteiger partial charge in [-0.3, -0.25) is 0 Å². The molecule has 3 aliphatic rings. The Hall–Kier alpha value is -2.52. The van der Waals surface area contributed by atoms with E-state index in [2.05, 4.69) is 25.3 Å². The van der Waals surface area contributed by atoms with E-state index in [0.717, 1.165) is 42.6 Å². The maximum Gasteiger partial charge on any atom is 0.169 e. The van der Waals surface area contributed by atoms with Gasteiger partial charge in [-0.15, -0.1) is 13.2 Å². The summed E-state index contributed by atoms with van der Waals surface area (Å²) >= 11 is 0. The van der Waals surface area contributed by atoms with Gasteiger partial charge in [-0.2, -0.15) is 0 Å². The summed E-state index contributed by atoms with van der Waals surface area (Å²) in [6.45, 7) is 9.23. The van der Waals surface area contributed by atoms with Crippen molar-refractivity contribution < 1.29 is 33.2 Å². The van der Waals surface area contributed by atoms with Crippen LogP contribution < -0.4 is 4.74 Å². The second-order valence-corrected chi connectivity index (χ2v) is 10.7. The molecule has 0 radical (unpaired) electrons. The average Bonchev–Trinajstić information content (AvgIpc) is 3.36. The molecule has 7 heteroatoms. The van der Waals surface area contributed by atoms with E-state index in [4.69, 9.17) is 33.2 Å². The highest BCUT2D eigenvalue weighted by atomic mass is 16.8. The van der Waals surface area contributed by atoms with E-state index < -0.39 is 30.2 Å². The largest absolute Gasteiger partial charge is 0.497 e. The van der Waals surface area contributed by atoms with Crippen LogP contribution in [-0.4, -0.2) is 62.7 Å². The molecule has 6 atom stereocenters. The molecule has 7 nitrogen and oxygen atoms in total. The summed E-state index contributed by atoms with van der Waals surface area (Å²) in [6, 6.07) is 18.0. The molecule has 5 rings (SSSR count). The molecular weight excluding hydrogens is 508 g/mol. The van der Waals surface area contributed by atoms with Crippen molar-refractivity contribution in [3.63, 3.8) is 0 Å². The first-order valence-corrected chi connectivity index (χ1v) is 14.4. The SMILES string of the molecule is C=CCO[C@@H]1[C@@H](OCc2ccccc2)[C@H](OCc2ccc(OC)cc2)[C@@H]2OC3(CCCCC3)O[C@@H]2[C@H]1OCC=C. The standard InChI is InChI=1S/C33H42O7/c1-4-20-35-27-28(37-22-24-12-8-6-9-13-24)30(38-23-25-14-16-26(34-3)17-15-25)32-31(29(27)36-21-5-2)39-33(40-32)18-10-7-11-19-33/h4-6,8-9,12-17,27-32H,1-2,7,10-11,18-23H2,3H3/t27-,28-,29+,30+,31-,32+/m1/s1. The Kier molecular flexibility index (Phi) is 10.1. The maximum atomic E-state index is 6.85. The molecule has 2 saturated carbocycles. The van der Waals surface area contributed by atoms with Gasteiger partial charge in [0, 0.05) is 12.8 Å². The second-order valence-electron chi connectivity index (χ2n) is 10.7. The van der Waals surface area contributed by atoms with Crippen molar-refractivity contribution in [1.82, 2.24) is 0 Å². The van der Waals surface area contributed by atoms with Crippen LogP contribution in [0, 0.1) is 0 Å². The number of ether oxygens (including phenoxy) is 7. The number of methoxy groups -OCH3 is 1. The monoisotopic (exact) mass is 550 g/mol. The lowest BCUT2D eigenvalue weighted by molar-refractivity contribution is -0.244. The average molecular weight is 551 g/mol. The minimum Gasteiger partial charge on any atom is -0.497 e. The summed E-state index contributed by atoms with van der Waals surface area (Å²) in [5.41, 5.74) is 2.09. The molecule has 0 amide bonds. The van der Waals surface area contributed by atoms with Gasteiger partial charge in [0.25, 0.3) is 0 Å². The van der Waals surface area contributed by atoms with Crippen molar-refractivity contribution in [2.75, 3.05) is 20.3 Å². The summed E-state index contributed by atoms with van der Waals surface area (Å²) in [6.07, 6.45) is 5.96. The van der Waals surface area contributed by atoms with Crippen LogP contribution in [0.15, 0.2) is 79.9 Å². The van der Waals surface area contributed by atoms with E-state index in [0.29, 0.717) is 26.4 Å². The third-order valence-corrected chi connectivity index (χ3v) is 7.96. The third kappa shape index (κ3) is 6.68. The predicted molar refractivity (Wildman–Crippen MR) is 152 cm³/mol. The van der Waals surface area contributed by atoms with E-state index in [1.54, 1.807) is 19.3 Å². The number of hydrogen-bond donors (Lipinski definition) is 0. The van der Waals surface area contributed by atoms with E-state index in [-0.39, 0.29) is 12.2 Å². The molecule has 2 aromatic rings. The minimum absolute atomic E-state index is 0.346. The second kappa shape index (κ2) is 13.9. The van der Waals surface area contributed by atoms with Gasteiger partial charge in [-0.1, -0.05) is 61.0 Å². The minimum atomic E-state index is -0.637. The Labute approximate surface area is 238 Å². The van der Waals surface area contributed by atoms with Crippen LogP contribution in [0.5, 0.6) is 5.75 Å². The summed E-state index contributed by atoms with van der Waals surface area (Å²) in [5.74, 6) is 0.167. The van der Waals surface area contributed by atoms with Crippen molar-refractivity contribution in [2.45, 2.75) is 87.7 Å². The first kappa shape index (κ1) is 29.0. The van der Waals surface area contributed by atoms with Crippen LogP contribution in [-0.2, 0) is 41.6 Å². The molecule has 1 saturated heterocycles. The summed E-state index contributed by atoms with van der Waals surface area (Å²) in [7, 11) is 1.66. The fourth-order valence-corrected chi connectivity index (χ4v) is 6.04. The maximum absolute atomic E-state index is 6.85. The van der Waals surface area contributed by atoms with Gasteiger partial charge in [0.05, 0.1) is 33.5 Å². The molecule has 1 heterocycles. The number of fused-ring (bicyclic) bond motifs is 1. The van der Waals surface area contributed by atoms with Crippen LogP contribution >= 0.6 is 0 Å². The number of hydrogen-bond acceptors (Lipinski definition) is 7. The van der Waals surface area contributed by atoms with Crippen LogP contribution in [0.4, 0.5) is 0 Å². The molecule has 1 aliphatic heterocycles. The Bertz CT molecular complexity index is 1070. The molecule has 0 N–H and O–H groups in total. The Morgan fingerprint density at radius 2 is 1.23 bits per heavy atom. The molecule has 2 aromatic carbocycles. The van der Waals surface area contributed by atoms with E-state index in [1.165, 1.54) is 6.42 Å². The van der Waals surface area contributed by atoms with Gasteiger partial charge < -0.3 is 33.2 Å². The fourth-order valence-electron chi connectivity index (χ4n) is 6.04. The number of rotatable bonds is 13. The summed E-state index contributed by atoms with van der Waals surface area (Å²) < 4.78 is 45.1. The van der Waals surface area contributed by atoms with Gasteiger partial charge >= 0.3 is 0 Å². The molecular formula is C33H42O7. The lowest BCUT2D eigenvalue weighted by atomic mass is 9.84. The quantitative estimate of drug-likeness (QED) is 0.294. The molecule has 2 aliphatic carbocycles. The topological polar surface area (TPSA) is 64.6 Å².